The maximum Gasteiger partial charge on any atom is 0.0471 e. The van der Waals surface area contributed by atoms with Gasteiger partial charge in [0.25, 0.3) is 0 Å². The molecule has 0 saturated heterocycles. The van der Waals surface area contributed by atoms with E-state index in [9.17, 15) is 0 Å². The number of benzene rings is 2. The van der Waals surface area contributed by atoms with Gasteiger partial charge in [0.15, 0.2) is 0 Å². The SMILES string of the molecule is C=c1/c(=C\C)ccc2[nH]c3ccccc3c12. The van der Waals surface area contributed by atoms with Crippen LogP contribution in [0.5, 0.6) is 0 Å². The van der Waals surface area contributed by atoms with Crippen molar-refractivity contribution in [3.8, 4) is 0 Å². The molecule has 0 radical (unpaired) electrons. The molecule has 0 aliphatic heterocycles. The van der Waals surface area contributed by atoms with Crippen molar-refractivity contribution < 1.29 is 0 Å². The topological polar surface area (TPSA) is 15.8 Å². The van der Waals surface area contributed by atoms with Crippen LogP contribution in [0.3, 0.4) is 0 Å². The Balaban J connectivity index is 2.70. The van der Waals surface area contributed by atoms with Crippen molar-refractivity contribution in [3.63, 3.8) is 0 Å². The minimum Gasteiger partial charge on any atom is -0.354 e. The lowest BCUT2D eigenvalue weighted by atomic mass is 10.1. The Labute approximate surface area is 93.7 Å². The predicted molar refractivity (Wildman–Crippen MR) is 70.7 cm³/mol. The molecule has 0 unspecified atom stereocenters. The first-order chi connectivity index (χ1) is 7.81. The summed E-state index contributed by atoms with van der Waals surface area (Å²) in [6, 6.07) is 12.6. The molecule has 1 heteroatoms. The fourth-order valence-electron chi connectivity index (χ4n) is 2.30. The van der Waals surface area contributed by atoms with E-state index in [0.29, 0.717) is 0 Å². The van der Waals surface area contributed by atoms with Crippen LogP contribution in [0, 0.1) is 0 Å². The van der Waals surface area contributed by atoms with Crippen LogP contribution < -0.4 is 10.4 Å². The summed E-state index contributed by atoms with van der Waals surface area (Å²) in [6.45, 7) is 6.24. The van der Waals surface area contributed by atoms with E-state index in [0.717, 1.165) is 10.7 Å². The summed E-state index contributed by atoms with van der Waals surface area (Å²) in [5, 5.41) is 4.81. The van der Waals surface area contributed by atoms with E-state index >= 15 is 0 Å². The molecule has 16 heavy (non-hydrogen) atoms. The maximum atomic E-state index is 4.19. The van der Waals surface area contributed by atoms with Gasteiger partial charge in [-0.15, -0.1) is 0 Å². The summed E-state index contributed by atoms with van der Waals surface area (Å²) in [5.74, 6) is 0. The number of aromatic amines is 1. The second kappa shape index (κ2) is 3.24. The van der Waals surface area contributed by atoms with E-state index < -0.39 is 0 Å². The van der Waals surface area contributed by atoms with Gasteiger partial charge in [-0.2, -0.15) is 0 Å². The van der Waals surface area contributed by atoms with Gasteiger partial charge in [-0.3, -0.25) is 0 Å². The number of hydrogen-bond donors (Lipinski definition) is 1. The van der Waals surface area contributed by atoms with Crippen molar-refractivity contribution in [1.82, 2.24) is 4.98 Å². The standard InChI is InChI=1S/C15H13N/c1-3-11-8-9-14-15(10(11)2)12-6-4-5-7-13(12)16-14/h3-9,16H,2H2,1H3/b11-3-. The van der Waals surface area contributed by atoms with Crippen LogP contribution in [0.25, 0.3) is 34.5 Å². The summed E-state index contributed by atoms with van der Waals surface area (Å²) in [4.78, 5) is 3.42. The zero-order valence-corrected chi connectivity index (χ0v) is 9.25. The highest BCUT2D eigenvalue weighted by atomic mass is 14.7. The number of para-hydroxylation sites is 1. The van der Waals surface area contributed by atoms with Crippen molar-refractivity contribution in [2.45, 2.75) is 6.92 Å². The van der Waals surface area contributed by atoms with E-state index in [4.69, 9.17) is 0 Å². The molecule has 1 N–H and O–H groups in total. The summed E-state index contributed by atoms with van der Waals surface area (Å²) in [6.07, 6.45) is 2.10. The third kappa shape index (κ3) is 1.12. The number of fused-ring (bicyclic) bond motifs is 3. The van der Waals surface area contributed by atoms with Crippen molar-refractivity contribution in [3.05, 3.63) is 46.8 Å². The van der Waals surface area contributed by atoms with E-state index in [1.807, 2.05) is 13.0 Å². The van der Waals surface area contributed by atoms with Crippen molar-refractivity contribution in [2.75, 3.05) is 0 Å². The first-order valence-corrected chi connectivity index (χ1v) is 5.46. The molecule has 0 aliphatic rings. The van der Waals surface area contributed by atoms with E-state index in [1.54, 1.807) is 0 Å². The van der Waals surface area contributed by atoms with Gasteiger partial charge >= 0.3 is 0 Å². The first-order valence-electron chi connectivity index (χ1n) is 5.46. The molecule has 2 aromatic carbocycles. The first kappa shape index (κ1) is 9.22. The molecule has 0 fully saturated rings. The molecule has 0 amide bonds. The van der Waals surface area contributed by atoms with Crippen molar-refractivity contribution in [1.29, 1.82) is 0 Å². The molecule has 0 bridgehead atoms. The Morgan fingerprint density at radius 2 is 1.88 bits per heavy atom. The number of H-pyrrole nitrogens is 1. The van der Waals surface area contributed by atoms with Crippen LogP contribution in [0.15, 0.2) is 36.4 Å². The van der Waals surface area contributed by atoms with Crippen LogP contribution in [-0.4, -0.2) is 4.98 Å². The highest BCUT2D eigenvalue weighted by molar-refractivity contribution is 6.07. The third-order valence-electron chi connectivity index (χ3n) is 3.13. The Morgan fingerprint density at radius 1 is 1.06 bits per heavy atom. The smallest absolute Gasteiger partial charge is 0.0471 e. The average Bonchev–Trinajstić information content (AvgIpc) is 2.68. The molecular formula is C15H13N. The van der Waals surface area contributed by atoms with Gasteiger partial charge in [0.05, 0.1) is 0 Å². The van der Waals surface area contributed by atoms with Gasteiger partial charge < -0.3 is 4.98 Å². The highest BCUT2D eigenvalue weighted by Gasteiger charge is 2.03. The predicted octanol–water partition coefficient (Wildman–Crippen LogP) is 2.53. The summed E-state index contributed by atoms with van der Waals surface area (Å²) < 4.78 is 0. The normalized spacial score (nSPS) is 12.7. The minimum absolute atomic E-state index is 1.11. The number of hydrogen-bond acceptors (Lipinski definition) is 0. The summed E-state index contributed by atoms with van der Waals surface area (Å²) in [5.41, 5.74) is 2.34. The van der Waals surface area contributed by atoms with E-state index in [1.165, 1.54) is 21.5 Å². The van der Waals surface area contributed by atoms with Gasteiger partial charge in [-0.1, -0.05) is 36.9 Å². The number of rotatable bonds is 0. The van der Waals surface area contributed by atoms with Crippen LogP contribution in [0.2, 0.25) is 0 Å². The Morgan fingerprint density at radius 3 is 2.69 bits per heavy atom. The molecule has 0 saturated carbocycles. The lowest BCUT2D eigenvalue weighted by Gasteiger charge is -1.93. The van der Waals surface area contributed by atoms with Crippen LogP contribution in [0.4, 0.5) is 0 Å². The minimum atomic E-state index is 1.11. The molecule has 1 aromatic heterocycles. The second-order valence-electron chi connectivity index (χ2n) is 4.02. The average molecular weight is 207 g/mol. The number of aromatic nitrogens is 1. The molecule has 3 aromatic rings. The summed E-state index contributed by atoms with van der Waals surface area (Å²) in [7, 11) is 0. The largest absolute Gasteiger partial charge is 0.354 e. The quantitative estimate of drug-likeness (QED) is 0.583. The molecule has 1 nitrogen and oxygen atoms in total. The van der Waals surface area contributed by atoms with Gasteiger partial charge in [0.2, 0.25) is 0 Å². The molecule has 0 spiro atoms. The molecule has 0 aliphatic carbocycles. The van der Waals surface area contributed by atoms with Crippen LogP contribution >= 0.6 is 0 Å². The van der Waals surface area contributed by atoms with Crippen LogP contribution in [-0.2, 0) is 0 Å². The van der Waals surface area contributed by atoms with Gasteiger partial charge in [-0.25, -0.2) is 0 Å². The molecule has 3 rings (SSSR count). The van der Waals surface area contributed by atoms with Gasteiger partial charge in [-0.05, 0) is 29.5 Å². The fourth-order valence-corrected chi connectivity index (χ4v) is 2.30. The lowest BCUT2D eigenvalue weighted by Crippen LogP contribution is -2.22. The summed E-state index contributed by atoms with van der Waals surface area (Å²) >= 11 is 0. The third-order valence-corrected chi connectivity index (χ3v) is 3.13. The lowest BCUT2D eigenvalue weighted by molar-refractivity contribution is 1.52. The zero-order chi connectivity index (χ0) is 11.1. The molecule has 1 heterocycles. The van der Waals surface area contributed by atoms with Crippen LogP contribution in [0.1, 0.15) is 6.92 Å². The maximum absolute atomic E-state index is 4.19. The fraction of sp³-hybridized carbons (Fsp3) is 0.0667. The second-order valence-corrected chi connectivity index (χ2v) is 4.02. The van der Waals surface area contributed by atoms with Gasteiger partial charge in [0.1, 0.15) is 0 Å². The Hall–Kier alpha value is -2.02. The molecule has 0 atom stereocenters. The van der Waals surface area contributed by atoms with Crippen molar-refractivity contribution >= 4 is 34.5 Å². The van der Waals surface area contributed by atoms with E-state index in [2.05, 4.69) is 48.0 Å². The Bertz CT molecular complexity index is 778. The molecule has 78 valence electrons. The zero-order valence-electron chi connectivity index (χ0n) is 9.25. The van der Waals surface area contributed by atoms with Gasteiger partial charge in [0, 0.05) is 21.8 Å². The monoisotopic (exact) mass is 207 g/mol. The highest BCUT2D eigenvalue weighted by Crippen LogP contribution is 2.20. The number of nitrogens with one attached hydrogen (secondary N) is 1. The Kier molecular flexibility index (Phi) is 1.87. The van der Waals surface area contributed by atoms with E-state index in [-0.39, 0.29) is 0 Å². The van der Waals surface area contributed by atoms with Crippen molar-refractivity contribution in [2.24, 2.45) is 0 Å². The molecular weight excluding hydrogens is 194 g/mol.